The number of pyridine rings is 2. The van der Waals surface area contributed by atoms with Crippen molar-refractivity contribution < 1.29 is 35.1 Å². The van der Waals surface area contributed by atoms with E-state index >= 15 is 0 Å². The topological polar surface area (TPSA) is 117 Å². The van der Waals surface area contributed by atoms with Crippen molar-refractivity contribution in [2.24, 2.45) is 0 Å². The maximum absolute atomic E-state index is 11.0. The van der Waals surface area contributed by atoms with Crippen LogP contribution in [0, 0.1) is 0 Å². The molecule has 8 nitrogen and oxygen atoms in total. The van der Waals surface area contributed by atoms with Gasteiger partial charge in [-0.2, -0.15) is 16.8 Å². The molecule has 0 bridgehead atoms. The number of fused-ring (bicyclic) bond motifs is 1. The number of aryl methyl sites for hydroxylation is 2. The van der Waals surface area contributed by atoms with Gasteiger partial charge in [-0.15, -0.1) is 0 Å². The molecule has 1 aliphatic carbocycles. The molecule has 0 spiro atoms. The summed E-state index contributed by atoms with van der Waals surface area (Å²) in [5, 5.41) is 0. The van der Waals surface area contributed by atoms with Crippen LogP contribution in [0.25, 0.3) is 0 Å². The van der Waals surface area contributed by atoms with Gasteiger partial charge in [0.1, 0.15) is 13.1 Å². The fourth-order valence-corrected chi connectivity index (χ4v) is 5.19. The van der Waals surface area contributed by atoms with E-state index in [0.29, 0.717) is 25.9 Å². The predicted molar refractivity (Wildman–Crippen MR) is 110 cm³/mol. The van der Waals surface area contributed by atoms with E-state index in [1.54, 1.807) is 0 Å². The Morgan fingerprint density at radius 3 is 2.17 bits per heavy atom. The minimum Gasteiger partial charge on any atom is -0.286 e. The van der Waals surface area contributed by atoms with Gasteiger partial charge in [0, 0.05) is 43.0 Å². The highest BCUT2D eigenvalue weighted by Crippen LogP contribution is 2.33. The van der Waals surface area contributed by atoms with Gasteiger partial charge in [-0.3, -0.25) is 9.11 Å². The lowest BCUT2D eigenvalue weighted by atomic mass is 9.82. The molecule has 30 heavy (non-hydrogen) atoms. The molecule has 0 radical (unpaired) electrons. The normalized spacial score (nSPS) is 16.9. The van der Waals surface area contributed by atoms with Gasteiger partial charge in [0.05, 0.1) is 17.4 Å². The van der Waals surface area contributed by atoms with Crippen molar-refractivity contribution in [3.05, 3.63) is 59.7 Å². The lowest BCUT2D eigenvalue weighted by Crippen LogP contribution is -2.44. The predicted octanol–water partition coefficient (Wildman–Crippen LogP) is 1.29. The Hall–Kier alpha value is -1.88. The average molecular weight is 457 g/mol. The first kappa shape index (κ1) is 22.8. The van der Waals surface area contributed by atoms with E-state index < -0.39 is 20.2 Å². The Balaban J connectivity index is 1.84. The first-order valence-corrected chi connectivity index (χ1v) is 13.3. The first-order valence-electron chi connectivity index (χ1n) is 10.0. The van der Waals surface area contributed by atoms with Crippen molar-refractivity contribution in [1.82, 2.24) is 0 Å². The van der Waals surface area contributed by atoms with E-state index in [1.807, 2.05) is 41.2 Å². The fraction of sp³-hybridized carbons (Fsp3) is 0.500. The summed E-state index contributed by atoms with van der Waals surface area (Å²) in [6.07, 6.45) is 7.38. The minimum atomic E-state index is -3.98. The number of nitrogens with zero attached hydrogens (tertiary/aromatic N) is 2. The summed E-state index contributed by atoms with van der Waals surface area (Å²) in [5.74, 6) is -0.391. The summed E-state index contributed by atoms with van der Waals surface area (Å²) in [5.41, 5.74) is 3.44. The van der Waals surface area contributed by atoms with Crippen LogP contribution in [0.1, 0.15) is 48.6 Å². The summed E-state index contributed by atoms with van der Waals surface area (Å²) in [6.45, 7) is 1.00. The fourth-order valence-electron chi connectivity index (χ4n) is 4.20. The molecule has 1 atom stereocenters. The summed E-state index contributed by atoms with van der Waals surface area (Å²) in [7, 11) is -7.95. The van der Waals surface area contributed by atoms with Crippen molar-refractivity contribution in [2.45, 2.75) is 51.1 Å². The zero-order valence-corrected chi connectivity index (χ0v) is 18.4. The van der Waals surface area contributed by atoms with Gasteiger partial charge in [-0.1, -0.05) is 6.07 Å². The van der Waals surface area contributed by atoms with Crippen molar-refractivity contribution >= 4 is 20.2 Å². The highest BCUT2D eigenvalue weighted by molar-refractivity contribution is 7.86. The summed E-state index contributed by atoms with van der Waals surface area (Å²) in [6, 6.07) is 9.96. The second kappa shape index (κ2) is 9.51. The van der Waals surface area contributed by atoms with Gasteiger partial charge in [0.15, 0.2) is 23.8 Å². The monoisotopic (exact) mass is 456 g/mol. The molecule has 10 heteroatoms. The van der Waals surface area contributed by atoms with Crippen molar-refractivity contribution in [3.8, 4) is 0 Å². The summed E-state index contributed by atoms with van der Waals surface area (Å²) < 4.78 is 66.2. The molecule has 2 heterocycles. The van der Waals surface area contributed by atoms with Crippen LogP contribution in [0.3, 0.4) is 0 Å². The second-order valence-corrected chi connectivity index (χ2v) is 10.8. The van der Waals surface area contributed by atoms with Gasteiger partial charge in [-0.25, -0.2) is 9.13 Å². The van der Waals surface area contributed by atoms with Gasteiger partial charge < -0.3 is 0 Å². The zero-order valence-electron chi connectivity index (χ0n) is 16.7. The largest absolute Gasteiger partial charge is 0.286 e. The number of rotatable bonds is 9. The first-order chi connectivity index (χ1) is 14.1. The molecule has 0 aromatic carbocycles. The Morgan fingerprint density at radius 2 is 1.50 bits per heavy atom. The van der Waals surface area contributed by atoms with E-state index in [0.717, 1.165) is 30.7 Å². The summed E-state index contributed by atoms with van der Waals surface area (Å²) in [4.78, 5) is 0. The lowest BCUT2D eigenvalue weighted by molar-refractivity contribution is -0.708. The van der Waals surface area contributed by atoms with E-state index in [-0.39, 0.29) is 17.4 Å². The van der Waals surface area contributed by atoms with E-state index in [4.69, 9.17) is 9.11 Å². The van der Waals surface area contributed by atoms with Crippen LogP contribution in [-0.4, -0.2) is 37.4 Å². The van der Waals surface area contributed by atoms with Crippen LogP contribution >= 0.6 is 0 Å². The van der Waals surface area contributed by atoms with Crippen LogP contribution in [-0.2, 0) is 39.7 Å². The molecule has 2 N–H and O–H groups in total. The Labute approximate surface area is 177 Å². The summed E-state index contributed by atoms with van der Waals surface area (Å²) >= 11 is 0. The zero-order chi connectivity index (χ0) is 21.8. The molecular formula is C20H28N2O6S2+2. The Morgan fingerprint density at radius 1 is 0.867 bits per heavy atom. The average Bonchev–Trinajstić information content (AvgIpc) is 2.66. The van der Waals surface area contributed by atoms with Crippen LogP contribution in [0.5, 0.6) is 0 Å². The van der Waals surface area contributed by atoms with Crippen molar-refractivity contribution in [3.63, 3.8) is 0 Å². The van der Waals surface area contributed by atoms with Gasteiger partial charge in [-0.05, 0) is 18.9 Å². The number of aromatic nitrogens is 2. The molecule has 0 fully saturated rings. The number of hydrogen-bond acceptors (Lipinski definition) is 4. The Kier molecular flexibility index (Phi) is 7.22. The van der Waals surface area contributed by atoms with Crippen LogP contribution in [0.4, 0.5) is 0 Å². The molecular weight excluding hydrogens is 428 g/mol. The third-order valence-corrected chi connectivity index (χ3v) is 7.05. The molecule has 3 rings (SSSR count). The molecule has 1 unspecified atom stereocenters. The van der Waals surface area contributed by atoms with Gasteiger partial charge in [0.2, 0.25) is 0 Å². The molecule has 164 valence electrons. The molecule has 0 aliphatic heterocycles. The maximum atomic E-state index is 11.0. The molecule has 0 saturated heterocycles. The molecule has 2 aromatic heterocycles. The molecule has 0 saturated carbocycles. The smallest absolute Gasteiger partial charge is 0.265 e. The van der Waals surface area contributed by atoms with Crippen molar-refractivity contribution in [2.75, 3.05) is 11.5 Å². The number of hydrogen-bond donors (Lipinski definition) is 2. The van der Waals surface area contributed by atoms with Gasteiger partial charge >= 0.3 is 0 Å². The maximum Gasteiger partial charge on any atom is 0.265 e. The van der Waals surface area contributed by atoms with Crippen LogP contribution in [0.2, 0.25) is 0 Å². The van der Waals surface area contributed by atoms with Gasteiger partial charge in [0.25, 0.3) is 20.2 Å². The lowest BCUT2D eigenvalue weighted by Gasteiger charge is -2.22. The molecule has 2 aromatic rings. The third-order valence-electron chi connectivity index (χ3n) is 5.44. The molecule has 1 aliphatic rings. The van der Waals surface area contributed by atoms with Crippen LogP contribution < -0.4 is 9.13 Å². The van der Waals surface area contributed by atoms with Crippen LogP contribution in [0.15, 0.2) is 42.7 Å². The standard InChI is InChI=1S/C20H26N2O6S2/c23-29(24,25)15-5-13-21-11-2-1-9-19(21)17-7-3-10-20-18(17)8-4-12-22(20)14-6-16-30(26,27)28/h1-2,4,8-9,11-12,17H,3,5-7,10,13-16H2/p+2. The third kappa shape index (κ3) is 6.31. The second-order valence-electron chi connectivity index (χ2n) is 7.65. The van der Waals surface area contributed by atoms with E-state index in [9.17, 15) is 16.8 Å². The molecule has 0 amide bonds. The quantitative estimate of drug-likeness (QED) is 0.434. The van der Waals surface area contributed by atoms with E-state index in [2.05, 4.69) is 10.6 Å². The highest BCUT2D eigenvalue weighted by atomic mass is 32.2. The SMILES string of the molecule is O=S(=O)(O)CCC[n+]1ccccc1C1CCCc2c1ccc[n+]2CCCS(=O)(=O)O. The van der Waals surface area contributed by atoms with Crippen molar-refractivity contribution in [1.29, 1.82) is 0 Å². The Bertz CT molecular complexity index is 1100. The minimum absolute atomic E-state index is 0.148. The van der Waals surface area contributed by atoms with E-state index in [1.165, 1.54) is 5.56 Å². The highest BCUT2D eigenvalue weighted by Gasteiger charge is 2.33.